The van der Waals surface area contributed by atoms with Crippen molar-refractivity contribution in [1.29, 1.82) is 0 Å². The minimum atomic E-state index is -4.46. The summed E-state index contributed by atoms with van der Waals surface area (Å²) in [5, 5.41) is 3.30. The summed E-state index contributed by atoms with van der Waals surface area (Å²) in [5.74, 6) is -2.38. The summed E-state index contributed by atoms with van der Waals surface area (Å²) in [6, 6.07) is 4.03. The quantitative estimate of drug-likeness (QED) is 0.586. The zero-order valence-corrected chi connectivity index (χ0v) is 16.2. The Hall–Kier alpha value is -1.68. The van der Waals surface area contributed by atoms with Gasteiger partial charge in [0.05, 0.1) is 6.54 Å². The largest absolute Gasteiger partial charge is 0.356 e. The van der Waals surface area contributed by atoms with Gasteiger partial charge >= 0.3 is 5.76 Å². The Morgan fingerprint density at radius 3 is 2.58 bits per heavy atom. The van der Waals surface area contributed by atoms with E-state index in [0.717, 1.165) is 16.0 Å². The highest BCUT2D eigenvalue weighted by Gasteiger charge is 2.34. The molecule has 0 atom stereocenters. The zero-order chi connectivity index (χ0) is 19.3. The number of sulfonamides is 1. The number of piperidine rings is 1. The van der Waals surface area contributed by atoms with E-state index in [2.05, 4.69) is 10.3 Å². The number of guanidine groups is 1. The lowest BCUT2D eigenvalue weighted by atomic mass is 9.98. The molecule has 1 aliphatic rings. The van der Waals surface area contributed by atoms with Crippen LogP contribution in [0.4, 0.5) is 8.78 Å². The molecule has 1 saturated heterocycles. The topological polar surface area (TPSA) is 69.9 Å². The van der Waals surface area contributed by atoms with Crippen LogP contribution in [0.5, 0.6) is 0 Å². The highest BCUT2D eigenvalue weighted by molar-refractivity contribution is 7.89. The van der Waals surface area contributed by atoms with Crippen molar-refractivity contribution in [2.75, 3.05) is 33.7 Å². The normalized spacial score (nSPS) is 17.7. The summed E-state index contributed by atoms with van der Waals surface area (Å²) < 4.78 is 51.2. The van der Waals surface area contributed by atoms with Crippen LogP contribution in [0, 0.1) is 5.92 Å². The van der Waals surface area contributed by atoms with E-state index in [-0.39, 0.29) is 19.0 Å². The van der Waals surface area contributed by atoms with Crippen molar-refractivity contribution in [3.63, 3.8) is 0 Å². The van der Waals surface area contributed by atoms with Crippen molar-refractivity contribution in [2.24, 2.45) is 18.0 Å². The van der Waals surface area contributed by atoms with Gasteiger partial charge in [0.2, 0.25) is 0 Å². The highest BCUT2D eigenvalue weighted by Crippen LogP contribution is 2.22. The average Bonchev–Trinajstić information content (AvgIpc) is 3.00. The predicted octanol–water partition coefficient (Wildman–Crippen LogP) is 1.30. The molecule has 2 heterocycles. The van der Waals surface area contributed by atoms with Crippen LogP contribution in [-0.4, -0.2) is 67.6 Å². The predicted molar refractivity (Wildman–Crippen MR) is 97.5 cm³/mol. The number of aryl methyl sites for hydroxylation is 1. The standard InChI is InChI=1S/C16H27F2N5O2S/c1-19-16(22(3)12-14-5-4-8-21(14)2)20-11-13-6-9-23(10-7-13)26(24,25)15(17)18/h4-5,8,13,15H,6-7,9-12H2,1-3H3,(H,19,20). The van der Waals surface area contributed by atoms with E-state index in [1.54, 1.807) is 7.05 Å². The van der Waals surface area contributed by atoms with Crippen LogP contribution >= 0.6 is 0 Å². The molecule has 1 fully saturated rings. The van der Waals surface area contributed by atoms with Gasteiger partial charge in [-0.2, -0.15) is 13.1 Å². The van der Waals surface area contributed by atoms with E-state index in [4.69, 9.17) is 0 Å². The second-order valence-electron chi connectivity index (χ2n) is 6.54. The number of alkyl halides is 2. The fourth-order valence-corrected chi connectivity index (χ4v) is 4.02. The van der Waals surface area contributed by atoms with Gasteiger partial charge in [0, 0.05) is 52.7 Å². The molecule has 1 aromatic rings. The minimum absolute atomic E-state index is 0.136. The minimum Gasteiger partial charge on any atom is -0.356 e. The average molecular weight is 391 g/mol. The molecule has 0 aromatic carbocycles. The molecule has 26 heavy (non-hydrogen) atoms. The van der Waals surface area contributed by atoms with Gasteiger partial charge in [0.25, 0.3) is 10.0 Å². The fourth-order valence-electron chi connectivity index (χ4n) is 3.08. The van der Waals surface area contributed by atoms with Crippen LogP contribution in [0.25, 0.3) is 0 Å². The Morgan fingerprint density at radius 1 is 1.42 bits per heavy atom. The van der Waals surface area contributed by atoms with E-state index < -0.39 is 15.8 Å². The number of aliphatic imine (C=N–C) groups is 1. The van der Waals surface area contributed by atoms with Gasteiger partial charge < -0.3 is 14.8 Å². The summed E-state index contributed by atoms with van der Waals surface area (Å²) in [6.07, 6.45) is 3.09. The third-order valence-corrected chi connectivity index (χ3v) is 6.27. The van der Waals surface area contributed by atoms with Gasteiger partial charge in [-0.05, 0) is 30.9 Å². The Morgan fingerprint density at radius 2 is 2.08 bits per heavy atom. The molecule has 0 radical (unpaired) electrons. The van der Waals surface area contributed by atoms with Crippen LogP contribution in [0.1, 0.15) is 18.5 Å². The maximum atomic E-state index is 12.6. The van der Waals surface area contributed by atoms with Gasteiger partial charge in [0.1, 0.15) is 0 Å². The molecular weight excluding hydrogens is 364 g/mol. The smallest absolute Gasteiger partial charge is 0.350 e. The first-order valence-corrected chi connectivity index (χ1v) is 10.0. The molecule has 0 bridgehead atoms. The van der Waals surface area contributed by atoms with E-state index >= 15 is 0 Å². The lowest BCUT2D eigenvalue weighted by Crippen LogP contribution is -2.45. The number of aromatic nitrogens is 1. The van der Waals surface area contributed by atoms with Crippen LogP contribution in [0.2, 0.25) is 0 Å². The lowest BCUT2D eigenvalue weighted by Gasteiger charge is -2.32. The van der Waals surface area contributed by atoms with E-state index in [9.17, 15) is 17.2 Å². The van der Waals surface area contributed by atoms with Crippen molar-refractivity contribution in [3.05, 3.63) is 24.0 Å². The fraction of sp³-hybridized carbons (Fsp3) is 0.688. The number of nitrogens with one attached hydrogen (secondary N) is 1. The SMILES string of the molecule is CN=C(NCC1CCN(S(=O)(=O)C(F)F)CC1)N(C)Cc1cccn1C. The summed E-state index contributed by atoms with van der Waals surface area (Å²) in [6.45, 7) is 1.61. The Balaban J connectivity index is 1.82. The molecule has 7 nitrogen and oxygen atoms in total. The van der Waals surface area contributed by atoms with Crippen LogP contribution in [0.3, 0.4) is 0 Å². The van der Waals surface area contributed by atoms with Crippen LogP contribution < -0.4 is 5.32 Å². The Bertz CT molecular complexity index is 712. The third-order valence-electron chi connectivity index (χ3n) is 4.73. The first kappa shape index (κ1) is 20.6. The molecule has 1 aliphatic heterocycles. The van der Waals surface area contributed by atoms with E-state index in [1.807, 2.05) is 41.9 Å². The molecule has 0 aliphatic carbocycles. The molecule has 1 aromatic heterocycles. The number of hydrogen-bond donors (Lipinski definition) is 1. The highest BCUT2D eigenvalue weighted by atomic mass is 32.2. The van der Waals surface area contributed by atoms with Gasteiger partial charge in [-0.3, -0.25) is 4.99 Å². The summed E-state index contributed by atoms with van der Waals surface area (Å²) in [5.41, 5.74) is 1.15. The van der Waals surface area contributed by atoms with Crippen LogP contribution in [-0.2, 0) is 23.6 Å². The zero-order valence-electron chi connectivity index (χ0n) is 15.4. The second-order valence-corrected chi connectivity index (χ2v) is 8.45. The van der Waals surface area contributed by atoms with Gasteiger partial charge in [-0.1, -0.05) is 0 Å². The molecule has 0 amide bonds. The number of rotatable bonds is 6. The number of hydrogen-bond acceptors (Lipinski definition) is 3. The van der Waals surface area contributed by atoms with Crippen molar-refractivity contribution in [3.8, 4) is 0 Å². The maximum absolute atomic E-state index is 12.6. The lowest BCUT2D eigenvalue weighted by molar-refractivity contribution is 0.204. The Labute approximate surface area is 153 Å². The molecule has 0 saturated carbocycles. The van der Waals surface area contributed by atoms with Gasteiger partial charge in [-0.25, -0.2) is 8.42 Å². The monoisotopic (exact) mass is 391 g/mol. The van der Waals surface area contributed by atoms with E-state index in [1.165, 1.54) is 0 Å². The third kappa shape index (κ3) is 4.94. The molecule has 0 spiro atoms. The molecule has 2 rings (SSSR count). The van der Waals surface area contributed by atoms with Crippen molar-refractivity contribution < 1.29 is 17.2 Å². The maximum Gasteiger partial charge on any atom is 0.350 e. The summed E-state index contributed by atoms with van der Waals surface area (Å²) in [4.78, 5) is 6.28. The summed E-state index contributed by atoms with van der Waals surface area (Å²) >= 11 is 0. The molecule has 1 N–H and O–H groups in total. The van der Waals surface area contributed by atoms with E-state index in [0.29, 0.717) is 25.9 Å². The van der Waals surface area contributed by atoms with Crippen molar-refractivity contribution in [2.45, 2.75) is 25.1 Å². The first-order valence-electron chi connectivity index (χ1n) is 8.54. The number of nitrogens with zero attached hydrogens (tertiary/aromatic N) is 4. The van der Waals surface area contributed by atoms with Gasteiger partial charge in [-0.15, -0.1) is 0 Å². The molecule has 10 heteroatoms. The second kappa shape index (κ2) is 8.81. The Kier molecular flexibility index (Phi) is 6.99. The van der Waals surface area contributed by atoms with Gasteiger partial charge in [0.15, 0.2) is 5.96 Å². The first-order chi connectivity index (χ1) is 12.3. The molecular formula is C16H27F2N5O2S. The van der Waals surface area contributed by atoms with Crippen LogP contribution in [0.15, 0.2) is 23.3 Å². The molecule has 0 unspecified atom stereocenters. The molecule has 148 valence electrons. The van der Waals surface area contributed by atoms with Crippen molar-refractivity contribution >= 4 is 16.0 Å². The summed E-state index contributed by atoms with van der Waals surface area (Å²) in [7, 11) is 1.18. The van der Waals surface area contributed by atoms with Crippen molar-refractivity contribution in [1.82, 2.24) is 19.1 Å². The number of halogens is 2.